The van der Waals surface area contributed by atoms with Crippen LogP contribution in [0.3, 0.4) is 0 Å². The molecule has 0 aliphatic rings. The van der Waals surface area contributed by atoms with Crippen molar-refractivity contribution in [2.75, 3.05) is 5.73 Å². The van der Waals surface area contributed by atoms with Gasteiger partial charge in [0.1, 0.15) is 5.52 Å². The maximum Gasteiger partial charge on any atom is 0.272 e. The van der Waals surface area contributed by atoms with Crippen LogP contribution in [0.4, 0.5) is 11.4 Å². The molecule has 3 aromatic rings. The lowest BCUT2D eigenvalue weighted by atomic mass is 10.2. The number of nitrogens with two attached hydrogens (primary N) is 1. The number of anilines is 1. The van der Waals surface area contributed by atoms with Gasteiger partial charge in [0.2, 0.25) is 5.89 Å². The number of aromatic nitrogens is 1. The van der Waals surface area contributed by atoms with Gasteiger partial charge < -0.3 is 10.2 Å². The molecular weight excluding hydrogens is 338 g/mol. The first-order valence-electron chi connectivity index (χ1n) is 6.06. The summed E-state index contributed by atoms with van der Waals surface area (Å²) in [6, 6.07) is 8.22. The van der Waals surface area contributed by atoms with Crippen LogP contribution in [0.5, 0.6) is 0 Å². The lowest BCUT2D eigenvalue weighted by Crippen LogP contribution is -1.88. The molecular formula is C14H10BrN3O3. The van der Waals surface area contributed by atoms with E-state index in [9.17, 15) is 10.1 Å². The summed E-state index contributed by atoms with van der Waals surface area (Å²) in [6.45, 7) is 1.75. The molecule has 1 heterocycles. The third-order valence-corrected chi connectivity index (χ3v) is 3.84. The topological polar surface area (TPSA) is 95.2 Å². The number of oxazole rings is 1. The van der Waals surface area contributed by atoms with Gasteiger partial charge in [-0.15, -0.1) is 0 Å². The van der Waals surface area contributed by atoms with E-state index in [1.807, 2.05) is 6.07 Å². The van der Waals surface area contributed by atoms with Gasteiger partial charge in [0.25, 0.3) is 5.69 Å². The summed E-state index contributed by atoms with van der Waals surface area (Å²) in [6.07, 6.45) is 0. The number of nitro groups is 1. The molecule has 3 rings (SSSR count). The first kappa shape index (κ1) is 13.6. The van der Waals surface area contributed by atoms with Crippen molar-refractivity contribution in [2.24, 2.45) is 0 Å². The van der Waals surface area contributed by atoms with Crippen molar-refractivity contribution in [1.29, 1.82) is 0 Å². The normalized spacial score (nSPS) is 11.0. The van der Waals surface area contributed by atoms with Crippen LogP contribution >= 0.6 is 15.9 Å². The van der Waals surface area contributed by atoms with E-state index in [-0.39, 0.29) is 5.69 Å². The number of hydrogen-bond acceptors (Lipinski definition) is 5. The zero-order valence-electron chi connectivity index (χ0n) is 11.0. The minimum atomic E-state index is -0.446. The van der Waals surface area contributed by atoms with Gasteiger partial charge in [-0.1, -0.05) is 0 Å². The predicted octanol–water partition coefficient (Wildman–Crippen LogP) is 4.06. The van der Waals surface area contributed by atoms with Crippen LogP contribution in [0.15, 0.2) is 39.2 Å². The van der Waals surface area contributed by atoms with Crippen LogP contribution in [-0.4, -0.2) is 9.91 Å². The molecule has 0 unspecified atom stereocenters. The van der Waals surface area contributed by atoms with Gasteiger partial charge >= 0.3 is 0 Å². The van der Waals surface area contributed by atoms with Gasteiger partial charge in [-0.25, -0.2) is 4.98 Å². The highest BCUT2D eigenvalue weighted by Crippen LogP contribution is 2.31. The molecule has 0 saturated carbocycles. The van der Waals surface area contributed by atoms with E-state index < -0.39 is 4.92 Å². The number of aryl methyl sites for hydroxylation is 1. The van der Waals surface area contributed by atoms with E-state index in [0.29, 0.717) is 33.8 Å². The van der Waals surface area contributed by atoms with Gasteiger partial charge in [-0.3, -0.25) is 10.1 Å². The Morgan fingerprint density at radius 3 is 2.76 bits per heavy atom. The summed E-state index contributed by atoms with van der Waals surface area (Å²) in [5.74, 6) is 0.382. The van der Waals surface area contributed by atoms with E-state index in [0.717, 1.165) is 4.47 Å². The average Bonchev–Trinajstić information content (AvgIpc) is 2.86. The van der Waals surface area contributed by atoms with Crippen molar-refractivity contribution in [1.82, 2.24) is 4.98 Å². The lowest BCUT2D eigenvalue weighted by molar-refractivity contribution is -0.384. The van der Waals surface area contributed by atoms with Crippen molar-refractivity contribution < 1.29 is 9.34 Å². The number of hydrogen-bond donors (Lipinski definition) is 1. The number of rotatable bonds is 2. The minimum absolute atomic E-state index is 0.00447. The molecule has 6 nitrogen and oxygen atoms in total. The number of benzene rings is 2. The van der Waals surface area contributed by atoms with Crippen LogP contribution in [0.25, 0.3) is 22.6 Å². The molecule has 1 aromatic heterocycles. The zero-order chi connectivity index (χ0) is 15.1. The van der Waals surface area contributed by atoms with Crippen LogP contribution in [0.1, 0.15) is 5.56 Å². The van der Waals surface area contributed by atoms with E-state index in [1.54, 1.807) is 19.1 Å². The van der Waals surface area contributed by atoms with Crippen molar-refractivity contribution in [3.63, 3.8) is 0 Å². The highest BCUT2D eigenvalue weighted by atomic mass is 79.9. The molecule has 7 heteroatoms. The SMILES string of the molecule is Cc1cc([N+](=O)[O-])cc2nc(-c3ccc(Br)c(N)c3)oc12. The van der Waals surface area contributed by atoms with E-state index in [1.165, 1.54) is 12.1 Å². The maximum absolute atomic E-state index is 10.9. The highest BCUT2D eigenvalue weighted by Gasteiger charge is 2.16. The average molecular weight is 348 g/mol. The Kier molecular flexibility index (Phi) is 3.13. The second-order valence-corrected chi connectivity index (χ2v) is 5.48. The van der Waals surface area contributed by atoms with Crippen LogP contribution in [-0.2, 0) is 0 Å². The Labute approximate surface area is 127 Å². The molecule has 0 saturated heterocycles. The molecule has 2 aromatic carbocycles. The number of fused-ring (bicyclic) bond motifs is 1. The first-order chi connectivity index (χ1) is 9.95. The summed E-state index contributed by atoms with van der Waals surface area (Å²) in [5.41, 5.74) is 8.78. The molecule has 0 fully saturated rings. The van der Waals surface area contributed by atoms with E-state index in [2.05, 4.69) is 20.9 Å². The Morgan fingerprint density at radius 2 is 2.10 bits per heavy atom. The highest BCUT2D eigenvalue weighted by molar-refractivity contribution is 9.10. The molecule has 106 valence electrons. The molecule has 21 heavy (non-hydrogen) atoms. The second-order valence-electron chi connectivity index (χ2n) is 4.62. The Bertz CT molecular complexity index is 873. The van der Waals surface area contributed by atoms with Crippen molar-refractivity contribution in [3.05, 3.63) is 50.5 Å². The zero-order valence-corrected chi connectivity index (χ0v) is 12.5. The fourth-order valence-corrected chi connectivity index (χ4v) is 2.33. The first-order valence-corrected chi connectivity index (χ1v) is 6.86. The molecule has 0 bridgehead atoms. The van der Waals surface area contributed by atoms with Crippen LogP contribution in [0.2, 0.25) is 0 Å². The largest absolute Gasteiger partial charge is 0.436 e. The van der Waals surface area contributed by atoms with E-state index >= 15 is 0 Å². The molecule has 0 aliphatic heterocycles. The van der Waals surface area contributed by atoms with Gasteiger partial charge in [-0.2, -0.15) is 0 Å². The molecule has 0 atom stereocenters. The number of nitrogen functional groups attached to an aromatic ring is 1. The Balaban J connectivity index is 2.18. The minimum Gasteiger partial charge on any atom is -0.436 e. The third kappa shape index (κ3) is 2.36. The number of halogens is 1. The molecule has 2 N–H and O–H groups in total. The smallest absolute Gasteiger partial charge is 0.272 e. The predicted molar refractivity (Wildman–Crippen MR) is 82.9 cm³/mol. The lowest BCUT2D eigenvalue weighted by Gasteiger charge is -1.99. The number of nitrogens with zero attached hydrogens (tertiary/aromatic N) is 2. The maximum atomic E-state index is 10.9. The van der Waals surface area contributed by atoms with Gasteiger partial charge in [0, 0.05) is 33.4 Å². The van der Waals surface area contributed by atoms with Crippen molar-refractivity contribution >= 4 is 38.4 Å². The Morgan fingerprint density at radius 1 is 1.33 bits per heavy atom. The fraction of sp³-hybridized carbons (Fsp3) is 0.0714. The summed E-state index contributed by atoms with van der Waals surface area (Å²) >= 11 is 3.32. The summed E-state index contributed by atoms with van der Waals surface area (Å²) in [5, 5.41) is 10.9. The van der Waals surface area contributed by atoms with Gasteiger partial charge in [0.15, 0.2) is 5.58 Å². The van der Waals surface area contributed by atoms with Gasteiger partial charge in [-0.05, 0) is 41.1 Å². The fourth-order valence-electron chi connectivity index (χ4n) is 2.09. The quantitative estimate of drug-likeness (QED) is 0.428. The standard InChI is InChI=1S/C14H10BrN3O3/c1-7-4-9(18(19)20)6-12-13(7)21-14(17-12)8-2-3-10(15)11(16)5-8/h2-6H,16H2,1H3. The Hall–Kier alpha value is -2.41. The van der Waals surface area contributed by atoms with Crippen molar-refractivity contribution in [3.8, 4) is 11.5 Å². The number of nitro benzene ring substituents is 1. The summed E-state index contributed by atoms with van der Waals surface area (Å²) in [4.78, 5) is 14.8. The van der Waals surface area contributed by atoms with Crippen LogP contribution < -0.4 is 5.73 Å². The summed E-state index contributed by atoms with van der Waals surface area (Å²) in [7, 11) is 0. The molecule has 0 amide bonds. The molecule has 0 spiro atoms. The van der Waals surface area contributed by atoms with Crippen LogP contribution in [0, 0.1) is 17.0 Å². The van der Waals surface area contributed by atoms with Gasteiger partial charge in [0.05, 0.1) is 4.92 Å². The molecule has 0 aliphatic carbocycles. The second kappa shape index (κ2) is 4.85. The molecule has 0 radical (unpaired) electrons. The number of non-ortho nitro benzene ring substituents is 1. The summed E-state index contributed by atoms with van der Waals surface area (Å²) < 4.78 is 6.50. The third-order valence-electron chi connectivity index (χ3n) is 3.11. The monoisotopic (exact) mass is 347 g/mol. The van der Waals surface area contributed by atoms with Crippen molar-refractivity contribution in [2.45, 2.75) is 6.92 Å². The van der Waals surface area contributed by atoms with E-state index in [4.69, 9.17) is 10.2 Å².